The third-order valence-corrected chi connectivity index (χ3v) is 5.65. The molecule has 0 radical (unpaired) electrons. The molecule has 2 aromatic rings. The zero-order valence-corrected chi connectivity index (χ0v) is 17.0. The van der Waals surface area contributed by atoms with Gasteiger partial charge in [-0.25, -0.2) is 17.9 Å². The van der Waals surface area contributed by atoms with Gasteiger partial charge in [0.05, 0.1) is 29.3 Å². The molecule has 29 heavy (non-hydrogen) atoms. The van der Waals surface area contributed by atoms with Crippen LogP contribution in [0.1, 0.15) is 30.0 Å². The summed E-state index contributed by atoms with van der Waals surface area (Å²) in [6, 6.07) is 10.4. The Balaban J connectivity index is 1.96. The minimum Gasteiger partial charge on any atom is -0.468 e. The van der Waals surface area contributed by atoms with Gasteiger partial charge in [0.2, 0.25) is 10.0 Å². The van der Waals surface area contributed by atoms with Crippen molar-refractivity contribution in [2.24, 2.45) is 0 Å². The third kappa shape index (κ3) is 5.66. The Morgan fingerprint density at radius 2 is 1.90 bits per heavy atom. The summed E-state index contributed by atoms with van der Waals surface area (Å²) >= 11 is 0. The monoisotopic (exact) mass is 419 g/mol. The number of likely N-dealkylation sites (N-methyl/N-ethyl adjacent to an activating group) is 1. The summed E-state index contributed by atoms with van der Waals surface area (Å²) in [7, 11) is -2.35. The molecule has 0 unspecified atom stereocenters. The molecular weight excluding hydrogens is 398 g/mol. The largest absolute Gasteiger partial charge is 0.468 e. The van der Waals surface area contributed by atoms with Gasteiger partial charge in [0.25, 0.3) is 5.91 Å². The summed E-state index contributed by atoms with van der Waals surface area (Å²) in [5.74, 6) is -0.858. The highest BCUT2D eigenvalue weighted by Crippen LogP contribution is 2.14. The molecule has 0 bridgehead atoms. The van der Waals surface area contributed by atoms with Gasteiger partial charge >= 0.3 is 5.97 Å². The number of sulfonamides is 1. The average molecular weight is 419 g/mol. The van der Waals surface area contributed by atoms with E-state index in [9.17, 15) is 18.0 Å². The van der Waals surface area contributed by atoms with E-state index in [0.717, 1.165) is 0 Å². The number of nitriles is 1. The first-order valence-electron chi connectivity index (χ1n) is 8.54. The molecule has 154 valence electrons. The number of carbonyl (C=O) groups excluding carboxylic acids is 2. The fourth-order valence-electron chi connectivity index (χ4n) is 2.13. The zero-order valence-electron chi connectivity index (χ0n) is 16.2. The number of ether oxygens (including phenoxy) is 1. The van der Waals surface area contributed by atoms with Crippen LogP contribution in [0.3, 0.4) is 0 Å². The summed E-state index contributed by atoms with van der Waals surface area (Å²) in [6.45, 7) is 2.58. The van der Waals surface area contributed by atoms with Crippen LogP contribution in [0.25, 0.3) is 0 Å². The SMILES string of the molecule is CN(C(=O)COC(=O)c1ccc(S(=O)(=O)NCc2ccco2)cc1)C(C)(C)C#N. The number of hydrogen-bond acceptors (Lipinski definition) is 7. The lowest BCUT2D eigenvalue weighted by Gasteiger charge is -2.28. The molecule has 1 heterocycles. The van der Waals surface area contributed by atoms with Crippen molar-refractivity contribution in [3.05, 3.63) is 54.0 Å². The first kappa shape index (κ1) is 22.1. The van der Waals surface area contributed by atoms with Gasteiger partial charge in [-0.2, -0.15) is 5.26 Å². The molecule has 0 saturated carbocycles. The van der Waals surface area contributed by atoms with E-state index in [4.69, 9.17) is 14.4 Å². The molecule has 2 rings (SSSR count). The molecule has 0 atom stereocenters. The van der Waals surface area contributed by atoms with Crippen molar-refractivity contribution in [1.82, 2.24) is 9.62 Å². The van der Waals surface area contributed by atoms with Crippen LogP contribution in [0, 0.1) is 11.3 Å². The Kier molecular flexibility index (Phi) is 6.79. The van der Waals surface area contributed by atoms with Gasteiger partial charge in [-0.05, 0) is 50.2 Å². The number of esters is 1. The first-order chi connectivity index (χ1) is 13.6. The molecule has 0 spiro atoms. The Morgan fingerprint density at radius 3 is 2.45 bits per heavy atom. The van der Waals surface area contributed by atoms with Crippen molar-refractivity contribution in [3.8, 4) is 6.07 Å². The Hall–Kier alpha value is -3.16. The summed E-state index contributed by atoms with van der Waals surface area (Å²) in [5, 5.41) is 9.04. The topological polar surface area (TPSA) is 130 Å². The fraction of sp³-hybridized carbons (Fsp3) is 0.316. The number of nitrogens with one attached hydrogen (secondary N) is 1. The molecule has 1 N–H and O–H groups in total. The van der Waals surface area contributed by atoms with E-state index in [2.05, 4.69) is 4.72 Å². The van der Waals surface area contributed by atoms with Gasteiger partial charge in [-0.1, -0.05) is 0 Å². The molecule has 1 aromatic heterocycles. The lowest BCUT2D eigenvalue weighted by Crippen LogP contribution is -2.45. The molecular formula is C19H21N3O6S. The maximum atomic E-state index is 12.3. The van der Waals surface area contributed by atoms with Gasteiger partial charge in [0, 0.05) is 7.05 Å². The van der Waals surface area contributed by atoms with Crippen molar-refractivity contribution in [2.75, 3.05) is 13.7 Å². The van der Waals surface area contributed by atoms with E-state index in [1.807, 2.05) is 6.07 Å². The number of carbonyl (C=O) groups is 2. The Morgan fingerprint density at radius 1 is 1.24 bits per heavy atom. The predicted molar refractivity (Wildman–Crippen MR) is 102 cm³/mol. The second kappa shape index (κ2) is 8.89. The normalized spacial score (nSPS) is 11.5. The summed E-state index contributed by atoms with van der Waals surface area (Å²) in [4.78, 5) is 25.3. The van der Waals surface area contributed by atoms with E-state index in [1.54, 1.807) is 26.0 Å². The van der Waals surface area contributed by atoms with Gasteiger partial charge in [0.15, 0.2) is 6.61 Å². The van der Waals surface area contributed by atoms with Crippen LogP contribution in [-0.4, -0.2) is 44.4 Å². The molecule has 0 aliphatic carbocycles. The number of nitrogens with zero attached hydrogens (tertiary/aromatic N) is 2. The first-order valence-corrected chi connectivity index (χ1v) is 10.0. The van der Waals surface area contributed by atoms with Crippen LogP contribution in [0.2, 0.25) is 0 Å². The van der Waals surface area contributed by atoms with Crippen molar-refractivity contribution in [1.29, 1.82) is 5.26 Å². The zero-order chi connectivity index (χ0) is 21.7. The standard InChI is InChI=1S/C19H21N3O6S/c1-19(2,13-20)22(3)17(23)12-28-18(24)14-6-8-16(9-7-14)29(25,26)21-11-15-5-4-10-27-15/h4-10,21H,11-12H2,1-3H3. The van der Waals surface area contributed by atoms with Gasteiger partial charge in [-0.3, -0.25) is 4.79 Å². The minimum atomic E-state index is -3.79. The molecule has 0 saturated heterocycles. The average Bonchev–Trinajstić information content (AvgIpc) is 3.23. The molecule has 0 fully saturated rings. The van der Waals surface area contributed by atoms with Gasteiger partial charge in [-0.15, -0.1) is 0 Å². The maximum absolute atomic E-state index is 12.3. The highest BCUT2D eigenvalue weighted by atomic mass is 32.2. The lowest BCUT2D eigenvalue weighted by atomic mass is 10.1. The highest BCUT2D eigenvalue weighted by molar-refractivity contribution is 7.89. The minimum absolute atomic E-state index is 0.00615. The fourth-order valence-corrected chi connectivity index (χ4v) is 3.12. The predicted octanol–water partition coefficient (Wildman–Crippen LogP) is 1.68. The quantitative estimate of drug-likeness (QED) is 0.644. The Bertz CT molecular complexity index is 1010. The molecule has 1 amide bonds. The molecule has 10 heteroatoms. The third-order valence-electron chi connectivity index (χ3n) is 4.23. The molecule has 1 aromatic carbocycles. The van der Waals surface area contributed by atoms with Crippen molar-refractivity contribution in [2.45, 2.75) is 30.8 Å². The lowest BCUT2D eigenvalue weighted by molar-refractivity contribution is -0.136. The number of benzene rings is 1. The summed E-state index contributed by atoms with van der Waals surface area (Å²) < 4.78 is 37.0. The number of furan rings is 1. The highest BCUT2D eigenvalue weighted by Gasteiger charge is 2.28. The summed E-state index contributed by atoms with van der Waals surface area (Å²) in [6.07, 6.45) is 1.44. The van der Waals surface area contributed by atoms with Crippen LogP contribution in [0.15, 0.2) is 52.0 Å². The second-order valence-electron chi connectivity index (χ2n) is 6.63. The van der Waals surface area contributed by atoms with Crippen LogP contribution >= 0.6 is 0 Å². The number of amides is 1. The van der Waals surface area contributed by atoms with Gasteiger partial charge in [0.1, 0.15) is 11.3 Å². The van der Waals surface area contributed by atoms with Crippen molar-refractivity contribution >= 4 is 21.9 Å². The second-order valence-corrected chi connectivity index (χ2v) is 8.39. The molecule has 9 nitrogen and oxygen atoms in total. The van der Waals surface area contributed by atoms with E-state index in [0.29, 0.717) is 5.76 Å². The van der Waals surface area contributed by atoms with Crippen LogP contribution in [0.4, 0.5) is 0 Å². The van der Waals surface area contributed by atoms with E-state index < -0.39 is 34.0 Å². The van der Waals surface area contributed by atoms with E-state index in [1.165, 1.54) is 42.5 Å². The van der Waals surface area contributed by atoms with E-state index in [-0.39, 0.29) is 17.0 Å². The number of hydrogen-bond donors (Lipinski definition) is 1. The van der Waals surface area contributed by atoms with Crippen molar-refractivity contribution < 1.29 is 27.2 Å². The smallest absolute Gasteiger partial charge is 0.338 e. The van der Waals surface area contributed by atoms with E-state index >= 15 is 0 Å². The van der Waals surface area contributed by atoms with Crippen LogP contribution < -0.4 is 4.72 Å². The summed E-state index contributed by atoms with van der Waals surface area (Å²) in [5.41, 5.74) is -0.952. The number of rotatable bonds is 8. The van der Waals surface area contributed by atoms with Crippen molar-refractivity contribution in [3.63, 3.8) is 0 Å². The maximum Gasteiger partial charge on any atom is 0.338 e. The van der Waals surface area contributed by atoms with Crippen LogP contribution in [-0.2, 0) is 26.1 Å². The Labute approximate surface area is 168 Å². The molecule has 0 aliphatic rings. The van der Waals surface area contributed by atoms with Gasteiger partial charge < -0.3 is 14.1 Å². The van der Waals surface area contributed by atoms with Crippen LogP contribution in [0.5, 0.6) is 0 Å². The molecule has 0 aliphatic heterocycles.